The Morgan fingerprint density at radius 3 is 1.52 bits per heavy atom. The summed E-state index contributed by atoms with van der Waals surface area (Å²) in [5.41, 5.74) is 14.1. The van der Waals surface area contributed by atoms with Crippen LogP contribution in [-0.4, -0.2) is 4.57 Å². The predicted molar refractivity (Wildman–Crippen MR) is 264 cm³/mol. The van der Waals surface area contributed by atoms with Crippen LogP contribution in [0.5, 0.6) is 0 Å². The van der Waals surface area contributed by atoms with Crippen molar-refractivity contribution in [3.05, 3.63) is 243 Å². The number of rotatable bonds is 7. The third-order valence-electron chi connectivity index (χ3n) is 12.6. The first kappa shape index (κ1) is 35.7. The largest absolute Gasteiger partial charge is 0.310 e. The number of aromatic nitrogens is 1. The molecule has 290 valence electrons. The lowest BCUT2D eigenvalue weighted by molar-refractivity contribution is 1.19. The molecule has 12 rings (SSSR count). The van der Waals surface area contributed by atoms with E-state index in [2.05, 4.69) is 252 Å². The van der Waals surface area contributed by atoms with Crippen LogP contribution in [-0.2, 0) is 0 Å². The average Bonchev–Trinajstić information content (AvgIpc) is 3.69. The molecule has 0 radical (unpaired) electrons. The van der Waals surface area contributed by atoms with Crippen molar-refractivity contribution in [2.45, 2.75) is 0 Å². The summed E-state index contributed by atoms with van der Waals surface area (Å²) in [5.74, 6) is 0. The number of hydrogen-bond acceptors (Lipinski definition) is 1. The zero-order valence-electron chi connectivity index (χ0n) is 34.0. The highest BCUT2D eigenvalue weighted by molar-refractivity contribution is 6.19. The molecule has 0 aliphatic rings. The van der Waals surface area contributed by atoms with E-state index in [1.54, 1.807) is 0 Å². The van der Waals surface area contributed by atoms with Gasteiger partial charge in [-0.05, 0) is 103 Å². The highest BCUT2D eigenvalue weighted by atomic mass is 15.1. The molecule has 0 aliphatic heterocycles. The first-order valence-corrected chi connectivity index (χ1v) is 21.3. The summed E-state index contributed by atoms with van der Waals surface area (Å²) in [6.07, 6.45) is 0. The van der Waals surface area contributed by atoms with Gasteiger partial charge in [-0.1, -0.05) is 194 Å². The Kier molecular flexibility index (Phi) is 8.53. The molecule has 0 aliphatic carbocycles. The van der Waals surface area contributed by atoms with Crippen LogP contribution in [0.15, 0.2) is 243 Å². The molecular weight excluding hydrogens is 749 g/mol. The van der Waals surface area contributed by atoms with E-state index < -0.39 is 0 Å². The Bertz CT molecular complexity index is 3600. The molecule has 2 nitrogen and oxygen atoms in total. The van der Waals surface area contributed by atoms with E-state index in [0.717, 1.165) is 22.7 Å². The van der Waals surface area contributed by atoms with E-state index in [4.69, 9.17) is 0 Å². The summed E-state index contributed by atoms with van der Waals surface area (Å²) in [6, 6.07) is 88.4. The van der Waals surface area contributed by atoms with Crippen molar-refractivity contribution < 1.29 is 0 Å². The van der Waals surface area contributed by atoms with Gasteiger partial charge in [-0.25, -0.2) is 0 Å². The van der Waals surface area contributed by atoms with Gasteiger partial charge in [0.05, 0.1) is 16.7 Å². The van der Waals surface area contributed by atoms with Crippen LogP contribution >= 0.6 is 0 Å². The topological polar surface area (TPSA) is 8.17 Å². The van der Waals surface area contributed by atoms with Crippen LogP contribution in [0.25, 0.3) is 93.2 Å². The van der Waals surface area contributed by atoms with Gasteiger partial charge in [0.15, 0.2) is 0 Å². The van der Waals surface area contributed by atoms with Gasteiger partial charge < -0.3 is 9.47 Å². The second kappa shape index (κ2) is 14.8. The van der Waals surface area contributed by atoms with Crippen molar-refractivity contribution in [1.82, 2.24) is 4.57 Å². The van der Waals surface area contributed by atoms with Crippen LogP contribution in [0, 0.1) is 0 Å². The van der Waals surface area contributed by atoms with Crippen LogP contribution in [0.1, 0.15) is 0 Å². The smallest absolute Gasteiger partial charge is 0.0619 e. The van der Waals surface area contributed by atoms with Crippen molar-refractivity contribution in [1.29, 1.82) is 0 Å². The number of fused-ring (bicyclic) bond motifs is 8. The van der Waals surface area contributed by atoms with Gasteiger partial charge in [-0.15, -0.1) is 0 Å². The van der Waals surface area contributed by atoms with Crippen LogP contribution in [0.4, 0.5) is 17.1 Å². The zero-order chi connectivity index (χ0) is 41.0. The molecule has 0 N–H and O–H groups in total. The van der Waals surface area contributed by atoms with E-state index in [-0.39, 0.29) is 0 Å². The van der Waals surface area contributed by atoms with Crippen molar-refractivity contribution in [2.24, 2.45) is 0 Å². The van der Waals surface area contributed by atoms with Gasteiger partial charge in [0.2, 0.25) is 0 Å². The van der Waals surface area contributed by atoms with Crippen LogP contribution < -0.4 is 4.90 Å². The van der Waals surface area contributed by atoms with E-state index in [1.807, 2.05) is 0 Å². The standard InChI is InChI=1S/C60H40N2/c1-3-15-42(16-4-1)50-21-11-12-22-51(50)44-29-35-49(36-30-44)61(58-40-46-18-8-9-23-52(46)54-25-13-14-26-55(54)58)48-33-27-41(28-34-48)45-32-37-56-57-38-31-43-17-7-10-24-53(43)60(57)62(59(56)39-45)47-19-5-2-6-20-47/h1-40H. The molecule has 62 heavy (non-hydrogen) atoms. The lowest BCUT2D eigenvalue weighted by Gasteiger charge is -2.28. The summed E-state index contributed by atoms with van der Waals surface area (Å²) < 4.78 is 2.44. The number of benzene rings is 11. The second-order valence-electron chi connectivity index (χ2n) is 16.1. The number of anilines is 3. The fraction of sp³-hybridized carbons (Fsp3) is 0. The zero-order valence-corrected chi connectivity index (χ0v) is 34.0. The van der Waals surface area contributed by atoms with Gasteiger partial charge in [0.25, 0.3) is 0 Å². The van der Waals surface area contributed by atoms with E-state index >= 15 is 0 Å². The number of nitrogens with zero attached hydrogens (tertiary/aromatic N) is 2. The quantitative estimate of drug-likeness (QED) is 0.146. The molecule has 0 amide bonds. The van der Waals surface area contributed by atoms with E-state index in [0.29, 0.717) is 0 Å². The molecule has 0 saturated heterocycles. The minimum absolute atomic E-state index is 1.09. The van der Waals surface area contributed by atoms with Crippen molar-refractivity contribution in [2.75, 3.05) is 4.90 Å². The summed E-state index contributed by atoms with van der Waals surface area (Å²) >= 11 is 0. The first-order valence-electron chi connectivity index (χ1n) is 21.3. The molecule has 1 aromatic heterocycles. The monoisotopic (exact) mass is 788 g/mol. The first-order chi connectivity index (χ1) is 30.8. The van der Waals surface area contributed by atoms with Gasteiger partial charge >= 0.3 is 0 Å². The second-order valence-corrected chi connectivity index (χ2v) is 16.1. The van der Waals surface area contributed by atoms with E-state index in [1.165, 1.54) is 87.5 Å². The van der Waals surface area contributed by atoms with Gasteiger partial charge in [-0.2, -0.15) is 0 Å². The molecule has 11 aromatic carbocycles. The minimum Gasteiger partial charge on any atom is -0.310 e. The summed E-state index contributed by atoms with van der Waals surface area (Å²) in [4.78, 5) is 2.42. The molecule has 2 heteroatoms. The molecule has 0 unspecified atom stereocenters. The molecule has 0 bridgehead atoms. The predicted octanol–water partition coefficient (Wildman–Crippen LogP) is 16.7. The van der Waals surface area contributed by atoms with Gasteiger partial charge in [-0.3, -0.25) is 0 Å². The van der Waals surface area contributed by atoms with Crippen LogP contribution in [0.2, 0.25) is 0 Å². The average molecular weight is 789 g/mol. The lowest BCUT2D eigenvalue weighted by atomic mass is 9.94. The van der Waals surface area contributed by atoms with Gasteiger partial charge in [0, 0.05) is 38.6 Å². The summed E-state index contributed by atoms with van der Waals surface area (Å²) in [5, 5.41) is 9.93. The van der Waals surface area contributed by atoms with Crippen molar-refractivity contribution >= 4 is 71.2 Å². The van der Waals surface area contributed by atoms with Crippen molar-refractivity contribution in [3.63, 3.8) is 0 Å². The van der Waals surface area contributed by atoms with Gasteiger partial charge in [0.1, 0.15) is 0 Å². The third-order valence-corrected chi connectivity index (χ3v) is 12.6. The fourth-order valence-electron chi connectivity index (χ4n) is 9.65. The maximum absolute atomic E-state index is 2.44. The molecule has 12 aromatic rings. The van der Waals surface area contributed by atoms with Crippen molar-refractivity contribution in [3.8, 4) is 39.1 Å². The maximum atomic E-state index is 2.44. The Labute approximate surface area is 360 Å². The maximum Gasteiger partial charge on any atom is 0.0619 e. The molecule has 0 atom stereocenters. The molecule has 0 spiro atoms. The molecule has 0 saturated carbocycles. The van der Waals surface area contributed by atoms with Crippen LogP contribution in [0.3, 0.4) is 0 Å². The minimum atomic E-state index is 1.09. The fourth-order valence-corrected chi connectivity index (χ4v) is 9.65. The summed E-state index contributed by atoms with van der Waals surface area (Å²) in [7, 11) is 0. The van der Waals surface area contributed by atoms with E-state index in [9.17, 15) is 0 Å². The SMILES string of the molecule is c1ccc(-c2ccccc2-c2ccc(N(c3ccc(-c4ccc5c6ccc7ccccc7c6n(-c6ccccc6)c5c4)cc3)c3cc4ccccc4c4ccccc34)cc2)cc1. The normalized spacial score (nSPS) is 11.5. The Morgan fingerprint density at radius 1 is 0.290 bits per heavy atom. The lowest BCUT2D eigenvalue weighted by Crippen LogP contribution is -2.10. The Hall–Kier alpha value is -8.20. The number of hydrogen-bond donors (Lipinski definition) is 0. The Morgan fingerprint density at radius 2 is 0.806 bits per heavy atom. The number of para-hydroxylation sites is 1. The molecule has 0 fully saturated rings. The highest BCUT2D eigenvalue weighted by Crippen LogP contribution is 2.44. The third kappa shape index (κ3) is 5.96. The molecular formula is C60H40N2. The Balaban J connectivity index is 1.00. The highest BCUT2D eigenvalue weighted by Gasteiger charge is 2.20. The summed E-state index contributed by atoms with van der Waals surface area (Å²) in [6.45, 7) is 0. The molecule has 1 heterocycles.